The first-order valence-corrected chi connectivity index (χ1v) is 11.7. The number of carbonyl (C=O) groups is 1. The summed E-state index contributed by atoms with van der Waals surface area (Å²) in [5, 5.41) is 8.11. The van der Waals surface area contributed by atoms with Gasteiger partial charge in [0.05, 0.1) is 6.54 Å². The molecule has 30 heavy (non-hydrogen) atoms. The van der Waals surface area contributed by atoms with E-state index in [1.165, 1.54) is 32.1 Å². The summed E-state index contributed by atoms with van der Waals surface area (Å²) < 4.78 is 5.43. The van der Waals surface area contributed by atoms with Gasteiger partial charge in [-0.1, -0.05) is 48.9 Å². The van der Waals surface area contributed by atoms with Crippen molar-refractivity contribution in [1.82, 2.24) is 20.4 Å². The molecular weight excluding hydrogens is 400 g/mol. The molecule has 1 aromatic heterocycles. The van der Waals surface area contributed by atoms with Crippen LogP contribution in [0, 0.1) is 5.92 Å². The lowest BCUT2D eigenvalue weighted by Crippen LogP contribution is -2.43. The average Bonchev–Trinajstić information content (AvgIpc) is 3.19. The first kappa shape index (κ1) is 21.3. The van der Waals surface area contributed by atoms with Crippen LogP contribution in [-0.2, 0) is 11.3 Å². The van der Waals surface area contributed by atoms with Gasteiger partial charge in [0.25, 0.3) is 0 Å². The first-order valence-electron chi connectivity index (χ1n) is 11.3. The fourth-order valence-corrected chi connectivity index (χ4v) is 4.63. The van der Waals surface area contributed by atoms with Crippen molar-refractivity contribution in [3.63, 3.8) is 0 Å². The number of nitrogens with one attached hydrogen (secondary N) is 1. The van der Waals surface area contributed by atoms with Crippen molar-refractivity contribution in [2.24, 2.45) is 5.92 Å². The lowest BCUT2D eigenvalue weighted by atomic mass is 9.93. The zero-order valence-electron chi connectivity index (χ0n) is 17.5. The van der Waals surface area contributed by atoms with Crippen LogP contribution in [0.2, 0.25) is 5.02 Å². The number of likely N-dealkylation sites (tertiary alicyclic amines) is 1. The van der Waals surface area contributed by atoms with Crippen LogP contribution in [0.3, 0.4) is 0 Å². The van der Waals surface area contributed by atoms with Crippen molar-refractivity contribution in [2.75, 3.05) is 13.1 Å². The number of amides is 1. The second-order valence-electron chi connectivity index (χ2n) is 8.62. The molecule has 1 N–H and O–H groups in total. The number of carbonyl (C=O) groups excluding carboxylic acids is 1. The highest BCUT2D eigenvalue weighted by atomic mass is 35.5. The zero-order valence-corrected chi connectivity index (χ0v) is 18.2. The minimum Gasteiger partial charge on any atom is -0.353 e. The number of halogens is 1. The van der Waals surface area contributed by atoms with Gasteiger partial charge in [0.1, 0.15) is 0 Å². The van der Waals surface area contributed by atoms with E-state index in [9.17, 15) is 4.79 Å². The molecule has 2 aliphatic rings. The Balaban J connectivity index is 1.23. The standard InChI is InChI=1S/C23H31ClN4O2/c24-19-10-8-17(9-11-19)22-26-21(30-27-22)16-28-14-12-18(13-15-28)23(29)25-20-6-4-2-1-3-5-7-20/h8-11,18,20H,1-7,12-16H2,(H,25,29). The maximum absolute atomic E-state index is 12.7. The van der Waals surface area contributed by atoms with Gasteiger partial charge in [-0.3, -0.25) is 9.69 Å². The van der Waals surface area contributed by atoms with E-state index in [1.54, 1.807) is 0 Å². The molecule has 4 rings (SSSR count). The Morgan fingerprint density at radius 2 is 1.70 bits per heavy atom. The van der Waals surface area contributed by atoms with Gasteiger partial charge in [-0.25, -0.2) is 0 Å². The predicted octanol–water partition coefficient (Wildman–Crippen LogP) is 4.83. The molecule has 1 saturated heterocycles. The molecule has 0 radical (unpaired) electrons. The summed E-state index contributed by atoms with van der Waals surface area (Å²) in [7, 11) is 0. The van der Waals surface area contributed by atoms with Crippen molar-refractivity contribution in [2.45, 2.75) is 70.4 Å². The zero-order chi connectivity index (χ0) is 20.8. The lowest BCUT2D eigenvalue weighted by molar-refractivity contribution is -0.127. The largest absolute Gasteiger partial charge is 0.353 e. The van der Waals surface area contributed by atoms with Crippen molar-refractivity contribution in [1.29, 1.82) is 0 Å². The fourth-order valence-electron chi connectivity index (χ4n) is 4.50. The molecule has 0 unspecified atom stereocenters. The Hall–Kier alpha value is -1.92. The molecule has 1 aromatic carbocycles. The summed E-state index contributed by atoms with van der Waals surface area (Å²) in [6.45, 7) is 2.38. The van der Waals surface area contributed by atoms with E-state index in [1.807, 2.05) is 24.3 Å². The Morgan fingerprint density at radius 3 is 2.40 bits per heavy atom. The SMILES string of the molecule is O=C(NC1CCCCCCC1)C1CCN(Cc2nc(-c3ccc(Cl)cc3)no2)CC1. The van der Waals surface area contributed by atoms with E-state index in [4.69, 9.17) is 16.1 Å². The Morgan fingerprint density at radius 1 is 1.03 bits per heavy atom. The minimum absolute atomic E-state index is 0.124. The highest BCUT2D eigenvalue weighted by Crippen LogP contribution is 2.23. The van der Waals surface area contributed by atoms with E-state index >= 15 is 0 Å². The van der Waals surface area contributed by atoms with Crippen LogP contribution in [-0.4, -0.2) is 40.1 Å². The van der Waals surface area contributed by atoms with Gasteiger partial charge >= 0.3 is 0 Å². The molecule has 0 atom stereocenters. The van der Waals surface area contributed by atoms with Crippen molar-refractivity contribution in [3.05, 3.63) is 35.2 Å². The highest BCUT2D eigenvalue weighted by molar-refractivity contribution is 6.30. The third kappa shape index (κ3) is 5.82. The molecule has 1 amide bonds. The topological polar surface area (TPSA) is 71.3 Å². The van der Waals surface area contributed by atoms with Crippen LogP contribution < -0.4 is 5.32 Å². The third-order valence-electron chi connectivity index (χ3n) is 6.34. The van der Waals surface area contributed by atoms with Crippen LogP contribution in [0.15, 0.2) is 28.8 Å². The molecule has 2 heterocycles. The van der Waals surface area contributed by atoms with Gasteiger partial charge in [-0.05, 0) is 63.0 Å². The summed E-state index contributed by atoms with van der Waals surface area (Å²) in [4.78, 5) is 19.5. The van der Waals surface area contributed by atoms with Gasteiger partial charge in [0.2, 0.25) is 17.6 Å². The first-order chi connectivity index (χ1) is 14.7. The summed E-state index contributed by atoms with van der Waals surface area (Å²) in [6, 6.07) is 7.79. The van der Waals surface area contributed by atoms with Gasteiger partial charge in [-0.15, -0.1) is 0 Å². The molecule has 7 heteroatoms. The normalized spacial score (nSPS) is 19.9. The smallest absolute Gasteiger partial charge is 0.241 e. The quantitative estimate of drug-likeness (QED) is 0.735. The molecule has 2 aromatic rings. The van der Waals surface area contributed by atoms with E-state index in [2.05, 4.69) is 20.4 Å². The van der Waals surface area contributed by atoms with Crippen LogP contribution in [0.4, 0.5) is 0 Å². The van der Waals surface area contributed by atoms with Crippen molar-refractivity contribution < 1.29 is 9.32 Å². The molecule has 0 spiro atoms. The molecule has 0 bridgehead atoms. The highest BCUT2D eigenvalue weighted by Gasteiger charge is 2.27. The molecule has 1 aliphatic carbocycles. The number of benzene rings is 1. The molecule has 2 fully saturated rings. The van der Waals surface area contributed by atoms with Crippen LogP contribution in [0.25, 0.3) is 11.4 Å². The number of hydrogen-bond acceptors (Lipinski definition) is 5. The van der Waals surface area contributed by atoms with Gasteiger partial charge in [0.15, 0.2) is 0 Å². The molecular formula is C23H31ClN4O2. The Bertz CT molecular complexity index is 807. The van der Waals surface area contributed by atoms with E-state index in [0.717, 1.165) is 44.3 Å². The molecule has 162 valence electrons. The summed E-state index contributed by atoms with van der Waals surface area (Å²) in [5.74, 6) is 1.56. The van der Waals surface area contributed by atoms with E-state index < -0.39 is 0 Å². The van der Waals surface area contributed by atoms with Crippen molar-refractivity contribution >= 4 is 17.5 Å². The van der Waals surface area contributed by atoms with E-state index in [-0.39, 0.29) is 11.8 Å². The number of piperidine rings is 1. The summed E-state index contributed by atoms with van der Waals surface area (Å²) in [6.07, 6.45) is 10.5. The second kappa shape index (κ2) is 10.4. The van der Waals surface area contributed by atoms with Gasteiger partial charge in [-0.2, -0.15) is 4.98 Å². The van der Waals surface area contributed by atoms with Crippen LogP contribution >= 0.6 is 11.6 Å². The molecule has 6 nitrogen and oxygen atoms in total. The van der Waals surface area contributed by atoms with Crippen LogP contribution in [0.1, 0.15) is 63.7 Å². The second-order valence-corrected chi connectivity index (χ2v) is 9.06. The summed E-state index contributed by atoms with van der Waals surface area (Å²) >= 11 is 5.94. The number of nitrogens with zero attached hydrogens (tertiary/aromatic N) is 3. The predicted molar refractivity (Wildman–Crippen MR) is 117 cm³/mol. The van der Waals surface area contributed by atoms with E-state index in [0.29, 0.717) is 29.3 Å². The van der Waals surface area contributed by atoms with Crippen molar-refractivity contribution in [3.8, 4) is 11.4 Å². The van der Waals surface area contributed by atoms with Gasteiger partial charge in [0, 0.05) is 22.5 Å². The summed E-state index contributed by atoms with van der Waals surface area (Å²) in [5.41, 5.74) is 0.888. The number of aromatic nitrogens is 2. The van der Waals surface area contributed by atoms with Crippen LogP contribution in [0.5, 0.6) is 0 Å². The fraction of sp³-hybridized carbons (Fsp3) is 0.609. The lowest BCUT2D eigenvalue weighted by Gasteiger charge is -2.31. The third-order valence-corrected chi connectivity index (χ3v) is 6.59. The number of rotatable bonds is 5. The number of hydrogen-bond donors (Lipinski definition) is 1. The van der Waals surface area contributed by atoms with Gasteiger partial charge < -0.3 is 9.84 Å². The maximum Gasteiger partial charge on any atom is 0.241 e. The minimum atomic E-state index is 0.124. The molecule has 1 saturated carbocycles. The Labute approximate surface area is 183 Å². The monoisotopic (exact) mass is 430 g/mol. The maximum atomic E-state index is 12.7. The average molecular weight is 431 g/mol. The Kier molecular flexibility index (Phi) is 7.39. The molecule has 1 aliphatic heterocycles.